The highest BCUT2D eigenvalue weighted by Crippen LogP contribution is 2.09. The summed E-state index contributed by atoms with van der Waals surface area (Å²) >= 11 is 0. The van der Waals surface area contributed by atoms with E-state index in [1.165, 1.54) is 0 Å². The van der Waals surface area contributed by atoms with Gasteiger partial charge in [-0.25, -0.2) is 9.79 Å². The second-order valence-electron chi connectivity index (χ2n) is 8.15. The third kappa shape index (κ3) is 8.92. The molecule has 0 unspecified atom stereocenters. The van der Waals surface area contributed by atoms with Crippen LogP contribution in [-0.4, -0.2) is 66.7 Å². The molecule has 0 atom stereocenters. The predicted molar refractivity (Wildman–Crippen MR) is 103 cm³/mol. The third-order valence-electron chi connectivity index (χ3n) is 3.71. The van der Waals surface area contributed by atoms with Crippen molar-refractivity contribution in [3.8, 4) is 0 Å². The third-order valence-corrected chi connectivity index (χ3v) is 3.71. The fourth-order valence-corrected chi connectivity index (χ4v) is 2.48. The van der Waals surface area contributed by atoms with Crippen LogP contribution < -0.4 is 16.0 Å². The first-order valence-corrected chi connectivity index (χ1v) is 9.33. The molecule has 1 rings (SSSR count). The van der Waals surface area contributed by atoms with Crippen molar-refractivity contribution in [3.05, 3.63) is 0 Å². The second kappa shape index (κ2) is 9.64. The van der Waals surface area contributed by atoms with Gasteiger partial charge in [0.15, 0.2) is 5.96 Å². The van der Waals surface area contributed by atoms with Gasteiger partial charge >= 0.3 is 6.09 Å². The maximum Gasteiger partial charge on any atom is 0.408 e. The standard InChI is InChI=1S/C18H35N5O3/c1-7-19-15(20-12-14(24)23-10-8-9-11-23)21-13-18(5,6)22-16(25)26-17(2,3)4/h7-13H2,1-6H3,(H,22,25)(H2,19,20,21). The average molecular weight is 370 g/mol. The zero-order chi connectivity index (χ0) is 19.8. The van der Waals surface area contributed by atoms with Crippen LogP contribution in [-0.2, 0) is 9.53 Å². The van der Waals surface area contributed by atoms with E-state index in [0.29, 0.717) is 19.0 Å². The molecule has 8 heteroatoms. The number of ether oxygens (including phenoxy) is 1. The Kier molecular flexibility index (Phi) is 8.17. The van der Waals surface area contributed by atoms with Gasteiger partial charge in [0.05, 0.1) is 5.54 Å². The lowest BCUT2D eigenvalue weighted by atomic mass is 10.1. The number of carbonyl (C=O) groups excluding carboxylic acids is 2. The molecular formula is C18H35N5O3. The maximum absolute atomic E-state index is 12.1. The molecule has 0 bridgehead atoms. The summed E-state index contributed by atoms with van der Waals surface area (Å²) in [6.45, 7) is 14.1. The monoisotopic (exact) mass is 369 g/mol. The summed E-state index contributed by atoms with van der Waals surface area (Å²) in [5.74, 6) is 0.602. The summed E-state index contributed by atoms with van der Waals surface area (Å²) in [6, 6.07) is 0. The number of carbonyl (C=O) groups is 2. The van der Waals surface area contributed by atoms with Crippen LogP contribution in [0.15, 0.2) is 4.99 Å². The summed E-state index contributed by atoms with van der Waals surface area (Å²) in [5.41, 5.74) is -1.09. The van der Waals surface area contributed by atoms with E-state index < -0.39 is 17.2 Å². The molecule has 0 aromatic carbocycles. The Bertz CT molecular complexity index is 505. The topological polar surface area (TPSA) is 95.1 Å². The van der Waals surface area contributed by atoms with E-state index >= 15 is 0 Å². The van der Waals surface area contributed by atoms with Gasteiger partial charge in [0, 0.05) is 26.2 Å². The van der Waals surface area contributed by atoms with E-state index in [-0.39, 0.29) is 12.5 Å². The van der Waals surface area contributed by atoms with Crippen LogP contribution in [0.1, 0.15) is 54.4 Å². The van der Waals surface area contributed by atoms with Crippen molar-refractivity contribution in [2.75, 3.05) is 32.7 Å². The largest absolute Gasteiger partial charge is 0.444 e. The molecule has 0 aromatic heterocycles. The smallest absolute Gasteiger partial charge is 0.408 e. The van der Waals surface area contributed by atoms with Crippen LogP contribution in [0.25, 0.3) is 0 Å². The number of likely N-dealkylation sites (tertiary alicyclic amines) is 1. The number of alkyl carbamates (subject to hydrolysis) is 1. The highest BCUT2D eigenvalue weighted by atomic mass is 16.6. The zero-order valence-electron chi connectivity index (χ0n) is 17.1. The number of nitrogens with zero attached hydrogens (tertiary/aromatic N) is 2. The SMILES string of the molecule is CCNC(=NCC(=O)N1CCCC1)NCC(C)(C)NC(=O)OC(C)(C)C. The van der Waals surface area contributed by atoms with E-state index in [9.17, 15) is 9.59 Å². The quantitative estimate of drug-likeness (QED) is 0.487. The maximum atomic E-state index is 12.1. The molecule has 1 aliphatic heterocycles. The van der Waals surface area contributed by atoms with Crippen LogP contribution in [0.5, 0.6) is 0 Å². The van der Waals surface area contributed by atoms with Gasteiger partial charge in [0.1, 0.15) is 12.1 Å². The fraction of sp³-hybridized carbons (Fsp3) is 0.833. The minimum absolute atomic E-state index is 0.0471. The summed E-state index contributed by atoms with van der Waals surface area (Å²) < 4.78 is 5.29. The first-order valence-electron chi connectivity index (χ1n) is 9.33. The molecule has 0 saturated carbocycles. The minimum atomic E-state index is -0.544. The van der Waals surface area contributed by atoms with E-state index in [4.69, 9.17) is 4.74 Å². The van der Waals surface area contributed by atoms with Gasteiger partial charge in [0.25, 0.3) is 0 Å². The van der Waals surface area contributed by atoms with Crippen molar-refractivity contribution in [1.29, 1.82) is 0 Å². The van der Waals surface area contributed by atoms with Crippen molar-refractivity contribution in [2.24, 2.45) is 4.99 Å². The van der Waals surface area contributed by atoms with Crippen LogP contribution in [0, 0.1) is 0 Å². The second-order valence-corrected chi connectivity index (χ2v) is 8.15. The molecule has 0 aromatic rings. The normalized spacial score (nSPS) is 15.6. The van der Waals surface area contributed by atoms with Gasteiger partial charge in [-0.3, -0.25) is 4.79 Å². The van der Waals surface area contributed by atoms with Crippen molar-refractivity contribution >= 4 is 18.0 Å². The van der Waals surface area contributed by atoms with Crippen LogP contribution >= 0.6 is 0 Å². The molecular weight excluding hydrogens is 334 g/mol. The molecule has 1 saturated heterocycles. The van der Waals surface area contributed by atoms with E-state index in [0.717, 1.165) is 25.9 Å². The van der Waals surface area contributed by atoms with Crippen LogP contribution in [0.3, 0.4) is 0 Å². The lowest BCUT2D eigenvalue weighted by Crippen LogP contribution is -2.54. The lowest BCUT2D eigenvalue weighted by molar-refractivity contribution is -0.128. The predicted octanol–water partition coefficient (Wildman–Crippen LogP) is 1.47. The summed E-state index contributed by atoms with van der Waals surface area (Å²) in [5, 5.41) is 9.13. The molecule has 1 heterocycles. The summed E-state index contributed by atoms with van der Waals surface area (Å²) in [6.07, 6.45) is 1.67. The molecule has 0 radical (unpaired) electrons. The highest BCUT2D eigenvalue weighted by Gasteiger charge is 2.25. The van der Waals surface area contributed by atoms with Gasteiger partial charge in [-0.1, -0.05) is 0 Å². The van der Waals surface area contributed by atoms with E-state index in [2.05, 4.69) is 20.9 Å². The molecule has 2 amide bonds. The molecule has 0 spiro atoms. The Hall–Kier alpha value is -1.99. The van der Waals surface area contributed by atoms with Gasteiger partial charge in [-0.2, -0.15) is 0 Å². The molecule has 1 aliphatic rings. The molecule has 3 N–H and O–H groups in total. The first kappa shape index (κ1) is 22.1. The first-order chi connectivity index (χ1) is 12.0. The molecule has 26 heavy (non-hydrogen) atoms. The Morgan fingerprint density at radius 2 is 1.69 bits per heavy atom. The fourth-order valence-electron chi connectivity index (χ4n) is 2.48. The van der Waals surface area contributed by atoms with Gasteiger partial charge in [0.2, 0.25) is 5.91 Å². The number of nitrogens with one attached hydrogen (secondary N) is 3. The number of hydrogen-bond donors (Lipinski definition) is 3. The van der Waals surface area contributed by atoms with Gasteiger partial charge < -0.3 is 25.6 Å². The minimum Gasteiger partial charge on any atom is -0.444 e. The van der Waals surface area contributed by atoms with Crippen molar-refractivity contribution in [1.82, 2.24) is 20.9 Å². The van der Waals surface area contributed by atoms with Crippen molar-refractivity contribution in [2.45, 2.75) is 65.5 Å². The van der Waals surface area contributed by atoms with E-state index in [1.807, 2.05) is 46.4 Å². The number of hydrogen-bond acceptors (Lipinski definition) is 4. The van der Waals surface area contributed by atoms with Gasteiger partial charge in [-0.05, 0) is 54.4 Å². The number of amides is 2. The Morgan fingerprint density at radius 3 is 2.23 bits per heavy atom. The summed E-state index contributed by atoms with van der Waals surface area (Å²) in [7, 11) is 0. The Morgan fingerprint density at radius 1 is 1.08 bits per heavy atom. The highest BCUT2D eigenvalue weighted by molar-refractivity contribution is 5.85. The average Bonchev–Trinajstić information content (AvgIpc) is 3.01. The Balaban J connectivity index is 2.53. The van der Waals surface area contributed by atoms with Crippen LogP contribution in [0.2, 0.25) is 0 Å². The number of rotatable bonds is 6. The molecule has 8 nitrogen and oxygen atoms in total. The van der Waals surface area contributed by atoms with E-state index in [1.54, 1.807) is 0 Å². The van der Waals surface area contributed by atoms with Crippen molar-refractivity contribution < 1.29 is 14.3 Å². The number of aliphatic imine (C=N–C) groups is 1. The molecule has 150 valence electrons. The molecule has 0 aliphatic carbocycles. The summed E-state index contributed by atoms with van der Waals surface area (Å²) in [4.78, 5) is 30.3. The van der Waals surface area contributed by atoms with Crippen molar-refractivity contribution in [3.63, 3.8) is 0 Å². The lowest BCUT2D eigenvalue weighted by Gasteiger charge is -2.29. The van der Waals surface area contributed by atoms with Crippen LogP contribution in [0.4, 0.5) is 4.79 Å². The zero-order valence-corrected chi connectivity index (χ0v) is 17.1. The number of guanidine groups is 1. The van der Waals surface area contributed by atoms with Gasteiger partial charge in [-0.15, -0.1) is 0 Å². The molecule has 1 fully saturated rings. The Labute approximate surface area is 157 Å².